The fourth-order valence-corrected chi connectivity index (χ4v) is 9.18. The van der Waals surface area contributed by atoms with Crippen LogP contribution in [0.25, 0.3) is 0 Å². The lowest BCUT2D eigenvalue weighted by atomic mass is 9.43. The molecule has 3 N–H and O–H groups in total. The number of aliphatic hydroxyl groups excluding tert-OH is 3. The molecule has 0 aliphatic heterocycles. The van der Waals surface area contributed by atoms with Gasteiger partial charge in [0.15, 0.2) is 0 Å². The van der Waals surface area contributed by atoms with Crippen LogP contribution in [0.15, 0.2) is 0 Å². The number of hydrogen-bond donors (Lipinski definition) is 3. The molecule has 0 amide bonds. The Hall–Kier alpha value is -0.120. The predicted molar refractivity (Wildman–Crippen MR) is 122 cm³/mol. The summed E-state index contributed by atoms with van der Waals surface area (Å²) in [6.45, 7) is 11.8. The van der Waals surface area contributed by atoms with Gasteiger partial charge in [-0.1, -0.05) is 53.9 Å². The largest absolute Gasteiger partial charge is 0.393 e. The van der Waals surface area contributed by atoms with Crippen LogP contribution in [0.2, 0.25) is 0 Å². The molecule has 4 unspecified atom stereocenters. The minimum absolute atomic E-state index is 0.0449. The third-order valence-corrected chi connectivity index (χ3v) is 11.0. The zero-order valence-corrected chi connectivity index (χ0v) is 20.2. The summed E-state index contributed by atoms with van der Waals surface area (Å²) in [5, 5.41) is 33.2. The Kier molecular flexibility index (Phi) is 6.41. The highest BCUT2D eigenvalue weighted by Crippen LogP contribution is 2.68. The summed E-state index contributed by atoms with van der Waals surface area (Å²) in [6.07, 6.45) is 10.0. The highest BCUT2D eigenvalue weighted by atomic mass is 16.3. The topological polar surface area (TPSA) is 60.7 Å². The minimum atomic E-state index is -0.259. The van der Waals surface area contributed by atoms with E-state index in [1.54, 1.807) is 0 Å². The summed E-state index contributed by atoms with van der Waals surface area (Å²) < 4.78 is 0. The Morgan fingerprint density at radius 2 is 1.60 bits per heavy atom. The average Bonchev–Trinajstić information content (AvgIpc) is 3.02. The van der Waals surface area contributed by atoms with Gasteiger partial charge in [0.05, 0.1) is 18.3 Å². The van der Waals surface area contributed by atoms with E-state index in [9.17, 15) is 15.3 Å². The van der Waals surface area contributed by atoms with Crippen molar-refractivity contribution in [2.75, 3.05) is 0 Å². The van der Waals surface area contributed by atoms with Crippen LogP contribution < -0.4 is 0 Å². The third-order valence-electron chi connectivity index (χ3n) is 11.0. The molecule has 30 heavy (non-hydrogen) atoms. The second-order valence-electron chi connectivity index (χ2n) is 12.8. The summed E-state index contributed by atoms with van der Waals surface area (Å²) in [6, 6.07) is 0. The molecule has 4 saturated carbocycles. The van der Waals surface area contributed by atoms with Crippen molar-refractivity contribution in [1.29, 1.82) is 0 Å². The van der Waals surface area contributed by atoms with E-state index in [4.69, 9.17) is 0 Å². The van der Waals surface area contributed by atoms with Gasteiger partial charge in [-0.25, -0.2) is 0 Å². The van der Waals surface area contributed by atoms with Crippen LogP contribution in [-0.4, -0.2) is 33.6 Å². The maximum Gasteiger partial charge on any atom is 0.0602 e. The lowest BCUT2D eigenvalue weighted by molar-refractivity contribution is -0.207. The number of fused-ring (bicyclic) bond motifs is 5. The Balaban J connectivity index is 1.56. The number of hydrogen-bond acceptors (Lipinski definition) is 3. The highest BCUT2D eigenvalue weighted by molar-refractivity contribution is 5.14. The van der Waals surface area contributed by atoms with Crippen molar-refractivity contribution in [3.8, 4) is 0 Å². The Morgan fingerprint density at radius 3 is 2.30 bits per heavy atom. The quantitative estimate of drug-likeness (QED) is 0.557. The molecule has 0 bridgehead atoms. The molecule has 3 nitrogen and oxygen atoms in total. The lowest BCUT2D eigenvalue weighted by Gasteiger charge is -2.63. The minimum Gasteiger partial charge on any atom is -0.393 e. The summed E-state index contributed by atoms with van der Waals surface area (Å²) in [4.78, 5) is 0. The first-order chi connectivity index (χ1) is 14.1. The van der Waals surface area contributed by atoms with Crippen molar-refractivity contribution in [3.05, 3.63) is 0 Å². The molecule has 4 fully saturated rings. The molecule has 0 heterocycles. The first kappa shape index (κ1) is 23.1. The lowest BCUT2D eigenvalue weighted by Crippen LogP contribution is -2.62. The number of rotatable bonds is 5. The van der Waals surface area contributed by atoms with Gasteiger partial charge in [0.25, 0.3) is 0 Å². The van der Waals surface area contributed by atoms with Gasteiger partial charge in [-0.05, 0) is 97.2 Å². The molecule has 0 radical (unpaired) electrons. The van der Waals surface area contributed by atoms with E-state index < -0.39 is 0 Å². The molecule has 4 aliphatic carbocycles. The van der Waals surface area contributed by atoms with Crippen molar-refractivity contribution in [2.45, 2.75) is 117 Å². The Labute approximate surface area is 185 Å². The maximum atomic E-state index is 11.6. The molecule has 4 aliphatic rings. The standard InChI is InChI=1S/C27H48O3/c1-16(2)7-6-8-17(3)20-9-10-21-25-22(15-24(30)27(20,21)5)26(4)12-11-19(28)13-18(26)14-23(25)29/h16-25,28-30H,6-15H2,1-5H3/t17-,18?,19?,20-,21+,22+,23?,24?,25+,26+,27-/m1/s1. The van der Waals surface area contributed by atoms with E-state index in [1.807, 2.05) is 0 Å². The summed E-state index contributed by atoms with van der Waals surface area (Å²) in [5.74, 6) is 3.59. The van der Waals surface area contributed by atoms with Crippen LogP contribution >= 0.6 is 0 Å². The van der Waals surface area contributed by atoms with Crippen LogP contribution in [-0.2, 0) is 0 Å². The molecule has 4 rings (SSSR count). The van der Waals surface area contributed by atoms with Crippen molar-refractivity contribution < 1.29 is 15.3 Å². The second kappa shape index (κ2) is 8.34. The second-order valence-corrected chi connectivity index (χ2v) is 12.8. The van der Waals surface area contributed by atoms with Gasteiger partial charge in [-0.3, -0.25) is 0 Å². The molecule has 0 spiro atoms. The molecule has 0 aromatic heterocycles. The van der Waals surface area contributed by atoms with Crippen molar-refractivity contribution in [2.24, 2.45) is 52.3 Å². The van der Waals surface area contributed by atoms with Crippen molar-refractivity contribution >= 4 is 0 Å². The monoisotopic (exact) mass is 420 g/mol. The SMILES string of the molecule is CC(C)CCC[C@@H](C)[C@H]1CC[C@H]2[C@@H]3C(O)CC4CC(O)CC[C@]4(C)[C@H]3CC(O)[C@]12C. The first-order valence-corrected chi connectivity index (χ1v) is 13.1. The van der Waals surface area contributed by atoms with Gasteiger partial charge in [-0.2, -0.15) is 0 Å². The van der Waals surface area contributed by atoms with Crippen molar-refractivity contribution in [1.82, 2.24) is 0 Å². The van der Waals surface area contributed by atoms with E-state index in [2.05, 4.69) is 34.6 Å². The fourth-order valence-electron chi connectivity index (χ4n) is 9.18. The Morgan fingerprint density at radius 1 is 0.867 bits per heavy atom. The van der Waals surface area contributed by atoms with Crippen LogP contribution in [0.1, 0.15) is 98.8 Å². The number of aliphatic hydroxyl groups is 3. The molecular formula is C27H48O3. The highest BCUT2D eigenvalue weighted by Gasteiger charge is 2.65. The zero-order chi connectivity index (χ0) is 21.8. The molecular weight excluding hydrogens is 372 g/mol. The van der Waals surface area contributed by atoms with E-state index in [1.165, 1.54) is 32.1 Å². The molecule has 3 heteroatoms. The maximum absolute atomic E-state index is 11.6. The van der Waals surface area contributed by atoms with E-state index >= 15 is 0 Å². The van der Waals surface area contributed by atoms with Gasteiger partial charge in [0, 0.05) is 0 Å². The van der Waals surface area contributed by atoms with Gasteiger partial charge in [0.1, 0.15) is 0 Å². The molecule has 11 atom stereocenters. The van der Waals surface area contributed by atoms with Crippen LogP contribution in [0.3, 0.4) is 0 Å². The average molecular weight is 421 g/mol. The van der Waals surface area contributed by atoms with Gasteiger partial charge in [-0.15, -0.1) is 0 Å². The Bertz CT molecular complexity index is 605. The van der Waals surface area contributed by atoms with Crippen LogP contribution in [0, 0.1) is 52.3 Å². The molecule has 174 valence electrons. The summed E-state index contributed by atoms with van der Waals surface area (Å²) >= 11 is 0. The first-order valence-electron chi connectivity index (χ1n) is 13.1. The smallest absolute Gasteiger partial charge is 0.0602 e. The molecule has 0 aromatic rings. The van der Waals surface area contributed by atoms with E-state index in [0.29, 0.717) is 35.5 Å². The van der Waals surface area contributed by atoms with E-state index in [0.717, 1.165) is 38.0 Å². The van der Waals surface area contributed by atoms with Crippen molar-refractivity contribution in [3.63, 3.8) is 0 Å². The molecule has 0 aromatic carbocycles. The molecule has 0 saturated heterocycles. The van der Waals surface area contributed by atoms with Gasteiger partial charge >= 0.3 is 0 Å². The third kappa shape index (κ3) is 3.59. The normalized spacial score (nSPS) is 51.9. The summed E-state index contributed by atoms with van der Waals surface area (Å²) in [5.41, 5.74) is 0.128. The summed E-state index contributed by atoms with van der Waals surface area (Å²) in [7, 11) is 0. The van der Waals surface area contributed by atoms with Gasteiger partial charge < -0.3 is 15.3 Å². The van der Waals surface area contributed by atoms with Crippen LogP contribution in [0.4, 0.5) is 0 Å². The zero-order valence-electron chi connectivity index (χ0n) is 20.2. The van der Waals surface area contributed by atoms with E-state index in [-0.39, 0.29) is 29.1 Å². The van der Waals surface area contributed by atoms with Gasteiger partial charge in [0.2, 0.25) is 0 Å². The van der Waals surface area contributed by atoms with Crippen LogP contribution in [0.5, 0.6) is 0 Å². The predicted octanol–water partition coefficient (Wildman–Crippen LogP) is 5.41. The fraction of sp³-hybridized carbons (Fsp3) is 1.00.